The monoisotopic (exact) mass is 1680 g/mol. The number of anilines is 3. The van der Waals surface area contributed by atoms with E-state index >= 15 is 0 Å². The van der Waals surface area contributed by atoms with E-state index in [1.54, 1.807) is 234 Å². The fraction of sp³-hybridized carbons (Fsp3) is 0.140. The normalized spacial score (nSPS) is 11.3. The number of hydrogen-bond donors (Lipinski definition) is 4. The minimum Gasteiger partial charge on any atom is -0.496 e. The number of nitrogens with one attached hydrogen (secondary N) is 3. The van der Waals surface area contributed by atoms with Gasteiger partial charge in [0.15, 0.2) is 11.3 Å². The summed E-state index contributed by atoms with van der Waals surface area (Å²) >= 11 is 0. The van der Waals surface area contributed by atoms with E-state index in [-0.39, 0.29) is 55.8 Å². The van der Waals surface area contributed by atoms with Crippen LogP contribution in [0.15, 0.2) is 266 Å². The molecule has 30 heteroatoms. The molecule has 8 heterocycles. The van der Waals surface area contributed by atoms with Crippen LogP contribution in [0.5, 0.6) is 17.2 Å². The van der Waals surface area contributed by atoms with E-state index in [9.17, 15) is 40.8 Å². The standard InChI is InChI=1S/C35H32N6O5S.C30H28N4O4S.C28H26N6O3/c1-22-10-13-25(14-11-22)47(44,45)41-19-29(26-8-6-7-9-32(26)46-5)27-17-24(18-36-33(27)41)23-12-15-30(28(16-23)35(43)39(2)3)38-34(42)31-20-40(4)21-37-31;1-19-9-12-22(13-10-19)39(36,37)34-18-26(23-7-5-6-8-28(23)38-4)24-16-21(17-32-29(24)34)20-11-14-27(31)25(15-20)30(35)33(2)3;1-33(2)28(36)21-11-17(9-10-23(21)32-27(35)24-15-34(3)16-31-24)18-12-20-22(14-30-26(20)29-13-18)19-7-5-6-8-25(19)37-4/h6-21H,1-5H3,(H,38,42);5-18H,31H2,1-4H3;5-16H,1-4H3,(H,29,30)(H,32,35). The Labute approximate surface area is 709 Å². The minimum absolute atomic E-state index is 0.132. The van der Waals surface area contributed by atoms with Crippen LogP contribution < -0.4 is 30.6 Å². The number of benzene rings is 8. The topological polar surface area (TPSA) is 341 Å². The Morgan fingerprint density at radius 2 is 0.756 bits per heavy atom. The van der Waals surface area contributed by atoms with Crippen LogP contribution in [0.3, 0.4) is 0 Å². The van der Waals surface area contributed by atoms with Crippen LogP contribution in [0.1, 0.15) is 63.2 Å². The Morgan fingerprint density at radius 3 is 1.14 bits per heavy atom. The third kappa shape index (κ3) is 17.2. The van der Waals surface area contributed by atoms with Crippen molar-refractivity contribution in [3.63, 3.8) is 0 Å². The molecule has 28 nitrogen and oxygen atoms in total. The molecule has 0 bridgehead atoms. The van der Waals surface area contributed by atoms with Crippen molar-refractivity contribution in [2.75, 3.05) is 80.0 Å². The van der Waals surface area contributed by atoms with Gasteiger partial charge < -0.3 is 59.4 Å². The average Bonchev–Trinajstić information content (AvgIpc) is 1.59. The molecule has 5 N–H and O–H groups in total. The molecular weight excluding hydrogens is 1600 g/mol. The number of para-hydroxylation sites is 3. The molecule has 0 fully saturated rings. The first-order valence-electron chi connectivity index (χ1n) is 38.4. The number of hydrogen-bond acceptors (Lipinski definition) is 18. The number of carbonyl (C=O) groups excluding carboxylic acids is 5. The molecule has 16 aromatic rings. The largest absolute Gasteiger partial charge is 0.496 e. The second-order valence-electron chi connectivity index (χ2n) is 29.6. The Morgan fingerprint density at radius 1 is 0.398 bits per heavy atom. The number of rotatable bonds is 20. The van der Waals surface area contributed by atoms with E-state index in [0.29, 0.717) is 83.8 Å². The SMILES string of the molecule is COc1ccccc1-c1c[nH]c2ncc(-c3ccc(NC(=O)c4cn(C)cn4)c(C(=O)N(C)C)c3)cc12.COc1ccccc1-c1cn(S(=O)(=O)c2ccc(C)cc2)c2ncc(-c3ccc(N)c(C(=O)N(C)C)c3)cc12.COc1ccccc1-c1cn(S(=O)(=O)c2ccc(C)cc2)c2ncc(-c3ccc(NC(=O)c4cn(C)cn4)c(C(=O)N(C)C)c3)cc12. The van der Waals surface area contributed by atoms with Gasteiger partial charge in [-0.3, -0.25) is 24.0 Å². The molecule has 622 valence electrons. The number of ether oxygens (including phenoxy) is 3. The molecule has 0 radical (unpaired) electrons. The molecule has 0 saturated carbocycles. The smallest absolute Gasteiger partial charge is 0.275 e. The summed E-state index contributed by atoms with van der Waals surface area (Å²) in [4.78, 5) is 94.7. The molecule has 0 atom stereocenters. The van der Waals surface area contributed by atoms with E-state index in [4.69, 9.17) is 19.9 Å². The second-order valence-corrected chi connectivity index (χ2v) is 33.2. The fourth-order valence-electron chi connectivity index (χ4n) is 14.0. The zero-order chi connectivity index (χ0) is 87.5. The van der Waals surface area contributed by atoms with Gasteiger partial charge >= 0.3 is 0 Å². The lowest BCUT2D eigenvalue weighted by atomic mass is 9.99. The van der Waals surface area contributed by atoms with Crippen molar-refractivity contribution in [2.45, 2.75) is 23.6 Å². The number of methoxy groups -OCH3 is 3. The molecule has 8 aromatic heterocycles. The number of nitrogens with two attached hydrogens (primary N) is 1. The number of nitrogen functional groups attached to an aromatic ring is 1. The van der Waals surface area contributed by atoms with Gasteiger partial charge in [0.25, 0.3) is 49.6 Å². The Hall–Kier alpha value is -15.3. The fourth-order valence-corrected chi connectivity index (χ4v) is 16.6. The highest BCUT2D eigenvalue weighted by Crippen LogP contribution is 2.43. The Bertz CT molecular complexity index is 7050. The number of nitrogens with zero attached hydrogens (tertiary/aromatic N) is 12. The summed E-state index contributed by atoms with van der Waals surface area (Å²) in [5.41, 5.74) is 20.7. The highest BCUT2D eigenvalue weighted by molar-refractivity contribution is 7.90. The lowest BCUT2D eigenvalue weighted by molar-refractivity contribution is 0.0821. The van der Waals surface area contributed by atoms with Gasteiger partial charge in [0.2, 0.25) is 0 Å². The molecular formula is C93H86N16O12S2. The van der Waals surface area contributed by atoms with Gasteiger partial charge in [-0.05, 0) is 128 Å². The van der Waals surface area contributed by atoms with Crippen molar-refractivity contribution >= 4 is 99.7 Å². The highest BCUT2D eigenvalue weighted by atomic mass is 32.2. The van der Waals surface area contributed by atoms with Crippen molar-refractivity contribution in [2.24, 2.45) is 14.1 Å². The predicted molar refractivity (Wildman–Crippen MR) is 476 cm³/mol. The van der Waals surface area contributed by atoms with Gasteiger partial charge in [-0.2, -0.15) is 0 Å². The van der Waals surface area contributed by atoms with E-state index in [1.165, 1.54) is 29.0 Å². The highest BCUT2D eigenvalue weighted by Gasteiger charge is 2.29. The number of carbonyl (C=O) groups is 5. The van der Waals surface area contributed by atoms with Crippen molar-refractivity contribution < 1.29 is 55.0 Å². The van der Waals surface area contributed by atoms with Crippen LogP contribution in [0.25, 0.3) is 99.9 Å². The maximum atomic E-state index is 13.9. The van der Waals surface area contributed by atoms with Crippen molar-refractivity contribution in [1.29, 1.82) is 0 Å². The molecule has 123 heavy (non-hydrogen) atoms. The van der Waals surface area contributed by atoms with Gasteiger partial charge in [0.1, 0.15) is 34.3 Å². The van der Waals surface area contributed by atoms with Gasteiger partial charge in [0.05, 0.1) is 71.8 Å². The van der Waals surface area contributed by atoms with Crippen LogP contribution >= 0.6 is 0 Å². The van der Waals surface area contributed by atoms with Gasteiger partial charge in [-0.25, -0.2) is 49.7 Å². The van der Waals surface area contributed by atoms with Crippen LogP contribution in [-0.2, 0) is 34.1 Å². The van der Waals surface area contributed by atoms with Crippen molar-refractivity contribution in [3.8, 4) is 84.0 Å². The first kappa shape index (κ1) is 84.2. The quantitative estimate of drug-likeness (QED) is 0.0515. The summed E-state index contributed by atoms with van der Waals surface area (Å²) in [6.45, 7) is 3.79. The number of H-pyrrole nitrogens is 1. The number of amides is 5. The van der Waals surface area contributed by atoms with Crippen LogP contribution in [0.4, 0.5) is 17.1 Å². The third-order valence-electron chi connectivity index (χ3n) is 20.5. The summed E-state index contributed by atoms with van der Waals surface area (Å²) in [5.74, 6) is 0.322. The lowest BCUT2D eigenvalue weighted by Crippen LogP contribution is -2.24. The summed E-state index contributed by atoms with van der Waals surface area (Å²) in [5, 5.41) is 7.74. The molecule has 0 unspecified atom stereocenters. The van der Waals surface area contributed by atoms with E-state index in [0.717, 1.165) is 61.3 Å². The van der Waals surface area contributed by atoms with Gasteiger partial charge in [-0.15, -0.1) is 0 Å². The summed E-state index contributed by atoms with van der Waals surface area (Å²) in [7, 11) is 10.3. The number of aromatic amines is 1. The zero-order valence-corrected chi connectivity index (χ0v) is 71.0. The summed E-state index contributed by atoms with van der Waals surface area (Å²) < 4.78 is 78.0. The molecule has 16 rings (SSSR count). The molecule has 0 saturated heterocycles. The molecule has 0 aliphatic rings. The summed E-state index contributed by atoms with van der Waals surface area (Å²) in [6, 6.07) is 57.4. The van der Waals surface area contributed by atoms with Crippen molar-refractivity contribution in [1.82, 2.24) is 61.7 Å². The van der Waals surface area contributed by atoms with Gasteiger partial charge in [0, 0.05) is 178 Å². The predicted octanol–water partition coefficient (Wildman–Crippen LogP) is 15.4. The first-order valence-corrected chi connectivity index (χ1v) is 41.3. The van der Waals surface area contributed by atoms with Crippen LogP contribution in [0, 0.1) is 13.8 Å². The van der Waals surface area contributed by atoms with Crippen LogP contribution in [0.2, 0.25) is 0 Å². The molecule has 0 aliphatic carbocycles. The molecule has 0 spiro atoms. The maximum Gasteiger partial charge on any atom is 0.275 e. The Balaban J connectivity index is 0.000000152. The molecule has 5 amide bonds. The Kier molecular flexibility index (Phi) is 23.9. The number of pyridine rings is 3. The van der Waals surface area contributed by atoms with E-state index in [1.807, 2.05) is 117 Å². The van der Waals surface area contributed by atoms with Crippen LogP contribution in [-0.4, -0.2) is 172 Å². The lowest BCUT2D eigenvalue weighted by Gasteiger charge is -2.16. The maximum absolute atomic E-state index is 13.9. The number of fused-ring (bicyclic) bond motifs is 3. The second kappa shape index (κ2) is 34.9. The number of aryl methyl sites for hydroxylation is 4. The summed E-state index contributed by atoms with van der Waals surface area (Å²) in [6.07, 6.45) is 16.3. The molecule has 8 aromatic carbocycles. The number of aromatic nitrogens is 10. The van der Waals surface area contributed by atoms with E-state index < -0.39 is 31.9 Å². The van der Waals surface area contributed by atoms with Crippen molar-refractivity contribution in [3.05, 3.63) is 296 Å². The molecule has 0 aliphatic heterocycles. The first-order chi connectivity index (χ1) is 58.9. The minimum atomic E-state index is -4.02. The zero-order valence-electron chi connectivity index (χ0n) is 69.4. The average molecular weight is 1680 g/mol. The number of imidazole rings is 2. The third-order valence-corrected chi connectivity index (χ3v) is 23.8. The van der Waals surface area contributed by atoms with Gasteiger partial charge in [-0.1, -0.05) is 108 Å². The van der Waals surface area contributed by atoms with E-state index in [2.05, 4.69) is 40.5 Å².